The number of nitrogens with zero attached hydrogens (tertiary/aromatic N) is 2. The van der Waals surface area contributed by atoms with Crippen LogP contribution in [0, 0.1) is 5.82 Å². The average molecular weight is 273 g/mol. The van der Waals surface area contributed by atoms with Gasteiger partial charge in [0.1, 0.15) is 5.82 Å². The van der Waals surface area contributed by atoms with Gasteiger partial charge in [0.15, 0.2) is 0 Å². The quantitative estimate of drug-likeness (QED) is 0.487. The maximum absolute atomic E-state index is 13.3. The molecule has 15 heavy (non-hydrogen) atoms. The van der Waals surface area contributed by atoms with E-state index in [1.807, 2.05) is 0 Å². The third-order valence-corrected chi connectivity index (χ3v) is 2.13. The van der Waals surface area contributed by atoms with Crippen molar-refractivity contribution >= 4 is 27.6 Å². The van der Waals surface area contributed by atoms with E-state index in [0.29, 0.717) is 11.3 Å². The fraction of sp³-hybridized carbons (Fsp3) is 0.111. The predicted molar refractivity (Wildman–Crippen MR) is 62.1 cm³/mol. The number of hydrogen-bond donors (Lipinski definition) is 2. The van der Waals surface area contributed by atoms with Crippen molar-refractivity contribution in [3.63, 3.8) is 0 Å². The Kier molecular flexibility index (Phi) is 3.79. The van der Waals surface area contributed by atoms with E-state index < -0.39 is 0 Å². The Bertz CT molecular complexity index is 424. The molecule has 0 fully saturated rings. The van der Waals surface area contributed by atoms with Crippen LogP contribution in [0.1, 0.15) is 12.5 Å². The van der Waals surface area contributed by atoms with Crippen LogP contribution in [0.3, 0.4) is 0 Å². The highest BCUT2D eigenvalue weighted by atomic mass is 79.9. The van der Waals surface area contributed by atoms with Gasteiger partial charge >= 0.3 is 0 Å². The topological polar surface area (TPSA) is 76.8 Å². The fourth-order valence-corrected chi connectivity index (χ4v) is 1.32. The molecule has 1 aromatic carbocycles. The summed E-state index contributed by atoms with van der Waals surface area (Å²) < 4.78 is 14.1. The standard InChI is InChI=1S/C9H10BrFN4/c1-5(14-15-9(12)13)7-4-6(10)2-3-8(7)11/h2-4H,1H3,(H4,12,13,15)/b14-5-. The minimum absolute atomic E-state index is 0.162. The minimum atomic E-state index is -0.370. The first-order chi connectivity index (χ1) is 7.00. The molecule has 80 valence electrons. The molecule has 0 saturated carbocycles. The highest BCUT2D eigenvalue weighted by Crippen LogP contribution is 2.16. The van der Waals surface area contributed by atoms with E-state index in [1.165, 1.54) is 6.07 Å². The number of nitrogens with two attached hydrogens (primary N) is 2. The normalized spacial score (nSPS) is 11.3. The maximum atomic E-state index is 13.3. The lowest BCUT2D eigenvalue weighted by molar-refractivity contribution is 0.624. The van der Waals surface area contributed by atoms with E-state index in [2.05, 4.69) is 26.1 Å². The largest absolute Gasteiger partial charge is 0.369 e. The maximum Gasteiger partial charge on any atom is 0.211 e. The summed E-state index contributed by atoms with van der Waals surface area (Å²) in [6, 6.07) is 4.55. The van der Waals surface area contributed by atoms with E-state index in [9.17, 15) is 4.39 Å². The summed E-state index contributed by atoms with van der Waals surface area (Å²) in [6.07, 6.45) is 0. The summed E-state index contributed by atoms with van der Waals surface area (Å²) in [5.74, 6) is -0.532. The van der Waals surface area contributed by atoms with Gasteiger partial charge in [0.05, 0.1) is 5.71 Å². The molecule has 0 radical (unpaired) electrons. The molecule has 0 aliphatic carbocycles. The second kappa shape index (κ2) is 4.88. The zero-order valence-corrected chi connectivity index (χ0v) is 9.62. The minimum Gasteiger partial charge on any atom is -0.369 e. The van der Waals surface area contributed by atoms with Gasteiger partial charge in [-0.3, -0.25) is 0 Å². The molecule has 0 saturated heterocycles. The molecule has 4 nitrogen and oxygen atoms in total. The van der Waals surface area contributed by atoms with Crippen molar-refractivity contribution in [1.29, 1.82) is 0 Å². The molecule has 0 bridgehead atoms. The Morgan fingerprint density at radius 2 is 2.00 bits per heavy atom. The van der Waals surface area contributed by atoms with Crippen LogP contribution < -0.4 is 11.5 Å². The van der Waals surface area contributed by atoms with Gasteiger partial charge in [0.2, 0.25) is 5.96 Å². The summed E-state index contributed by atoms with van der Waals surface area (Å²) >= 11 is 3.24. The molecule has 1 aromatic rings. The zero-order valence-electron chi connectivity index (χ0n) is 8.04. The van der Waals surface area contributed by atoms with Crippen molar-refractivity contribution in [1.82, 2.24) is 0 Å². The van der Waals surface area contributed by atoms with Gasteiger partial charge in [0.25, 0.3) is 0 Å². The summed E-state index contributed by atoms with van der Waals surface area (Å²) in [6.45, 7) is 1.62. The van der Waals surface area contributed by atoms with Crippen LogP contribution in [0.5, 0.6) is 0 Å². The number of hydrogen-bond acceptors (Lipinski definition) is 2. The highest BCUT2D eigenvalue weighted by Gasteiger charge is 2.05. The lowest BCUT2D eigenvalue weighted by atomic mass is 10.1. The molecular formula is C9H10BrFN4. The first-order valence-electron chi connectivity index (χ1n) is 4.09. The fourth-order valence-electron chi connectivity index (χ4n) is 0.961. The molecule has 0 aromatic heterocycles. The second-order valence-corrected chi connectivity index (χ2v) is 3.75. The molecule has 0 heterocycles. The molecule has 0 aliphatic rings. The Balaban J connectivity index is 3.10. The van der Waals surface area contributed by atoms with Gasteiger partial charge in [-0.1, -0.05) is 15.9 Å². The molecule has 1 rings (SSSR count). The molecule has 0 aliphatic heterocycles. The van der Waals surface area contributed by atoms with E-state index >= 15 is 0 Å². The van der Waals surface area contributed by atoms with Crippen LogP contribution in [0.4, 0.5) is 4.39 Å². The van der Waals surface area contributed by atoms with Gasteiger partial charge in [-0.15, -0.1) is 5.10 Å². The van der Waals surface area contributed by atoms with Crippen molar-refractivity contribution in [3.05, 3.63) is 34.1 Å². The first kappa shape index (κ1) is 11.6. The second-order valence-electron chi connectivity index (χ2n) is 2.83. The van der Waals surface area contributed by atoms with Crippen LogP contribution >= 0.6 is 15.9 Å². The Hall–Kier alpha value is -1.43. The Labute approximate surface area is 95.0 Å². The van der Waals surface area contributed by atoms with Crippen LogP contribution in [-0.2, 0) is 0 Å². The third kappa shape index (κ3) is 3.32. The average Bonchev–Trinajstić information content (AvgIpc) is 2.18. The van der Waals surface area contributed by atoms with Gasteiger partial charge in [0, 0.05) is 10.0 Å². The first-order valence-corrected chi connectivity index (χ1v) is 4.88. The van der Waals surface area contributed by atoms with E-state index in [0.717, 1.165) is 4.47 Å². The number of benzene rings is 1. The summed E-state index contributed by atoms with van der Waals surface area (Å²) in [7, 11) is 0. The van der Waals surface area contributed by atoms with Gasteiger partial charge < -0.3 is 11.5 Å². The van der Waals surface area contributed by atoms with E-state index in [1.54, 1.807) is 19.1 Å². The monoisotopic (exact) mass is 272 g/mol. The van der Waals surface area contributed by atoms with Crippen LogP contribution in [0.15, 0.2) is 32.9 Å². The van der Waals surface area contributed by atoms with Crippen molar-refractivity contribution in [2.45, 2.75) is 6.92 Å². The predicted octanol–water partition coefficient (Wildman–Crippen LogP) is 1.59. The molecule has 0 amide bonds. The zero-order chi connectivity index (χ0) is 11.4. The molecule has 0 unspecified atom stereocenters. The van der Waals surface area contributed by atoms with Crippen molar-refractivity contribution in [3.8, 4) is 0 Å². The summed E-state index contributed by atoms with van der Waals surface area (Å²) in [5.41, 5.74) is 11.0. The highest BCUT2D eigenvalue weighted by molar-refractivity contribution is 9.10. The molecule has 0 atom stereocenters. The van der Waals surface area contributed by atoms with Gasteiger partial charge in [-0.05, 0) is 25.1 Å². The van der Waals surface area contributed by atoms with E-state index in [4.69, 9.17) is 11.5 Å². The molecular weight excluding hydrogens is 263 g/mol. The van der Waals surface area contributed by atoms with Crippen LogP contribution in [0.2, 0.25) is 0 Å². The van der Waals surface area contributed by atoms with Crippen molar-refractivity contribution < 1.29 is 4.39 Å². The van der Waals surface area contributed by atoms with Gasteiger partial charge in [-0.2, -0.15) is 5.10 Å². The molecule has 0 spiro atoms. The lowest BCUT2D eigenvalue weighted by Crippen LogP contribution is -2.22. The Morgan fingerprint density at radius 1 is 1.33 bits per heavy atom. The lowest BCUT2D eigenvalue weighted by Gasteiger charge is -2.01. The smallest absolute Gasteiger partial charge is 0.211 e. The summed E-state index contributed by atoms with van der Waals surface area (Å²) in [4.78, 5) is 0. The number of rotatable bonds is 2. The van der Waals surface area contributed by atoms with E-state index in [-0.39, 0.29) is 11.8 Å². The number of halogens is 2. The molecule has 4 N–H and O–H groups in total. The summed E-state index contributed by atoms with van der Waals surface area (Å²) in [5, 5.41) is 7.14. The van der Waals surface area contributed by atoms with Crippen LogP contribution in [0.25, 0.3) is 0 Å². The van der Waals surface area contributed by atoms with Crippen molar-refractivity contribution in [2.75, 3.05) is 0 Å². The van der Waals surface area contributed by atoms with Gasteiger partial charge in [-0.25, -0.2) is 4.39 Å². The van der Waals surface area contributed by atoms with Crippen molar-refractivity contribution in [2.24, 2.45) is 21.7 Å². The van der Waals surface area contributed by atoms with Crippen LogP contribution in [-0.4, -0.2) is 11.7 Å². The third-order valence-electron chi connectivity index (χ3n) is 1.63. The SMILES string of the molecule is C/C(=N/N=C(N)N)c1cc(Br)ccc1F. The molecule has 6 heteroatoms. The number of guanidine groups is 1. The Morgan fingerprint density at radius 3 is 2.60 bits per heavy atom.